The number of esters is 1. The van der Waals surface area contributed by atoms with Gasteiger partial charge in [0.2, 0.25) is 0 Å². The van der Waals surface area contributed by atoms with Crippen LogP contribution in [0.5, 0.6) is 17.2 Å². The molecule has 0 aliphatic carbocycles. The zero-order valence-electron chi connectivity index (χ0n) is 24.7. The Kier molecular flexibility index (Phi) is 13.2. The lowest BCUT2D eigenvalue weighted by atomic mass is 10.0. The molecule has 0 amide bonds. The number of benzene rings is 3. The molecule has 3 rings (SSSR count). The number of para-hydroxylation sites is 1. The van der Waals surface area contributed by atoms with Crippen LogP contribution in [0, 0.1) is 13.8 Å². The number of ether oxygens (including phenoxy) is 3. The predicted octanol–water partition coefficient (Wildman–Crippen LogP) is 10.2. The van der Waals surface area contributed by atoms with Crippen molar-refractivity contribution in [1.82, 2.24) is 0 Å². The molecule has 0 heterocycles. The van der Waals surface area contributed by atoms with Gasteiger partial charge in [-0.3, -0.25) is 0 Å². The first-order valence-electron chi connectivity index (χ1n) is 15.2. The van der Waals surface area contributed by atoms with Crippen LogP contribution in [0.1, 0.15) is 112 Å². The van der Waals surface area contributed by atoms with E-state index in [9.17, 15) is 4.79 Å². The van der Waals surface area contributed by atoms with Crippen LogP contribution in [-0.4, -0.2) is 19.2 Å². The monoisotopic (exact) mass is 532 g/mol. The molecule has 39 heavy (non-hydrogen) atoms. The average Bonchev–Trinajstić information content (AvgIpc) is 2.93. The Hall–Kier alpha value is -3.01. The molecule has 0 N–H and O–H groups in total. The van der Waals surface area contributed by atoms with Crippen molar-refractivity contribution in [1.29, 1.82) is 0 Å². The van der Waals surface area contributed by atoms with Gasteiger partial charge in [-0.1, -0.05) is 114 Å². The molecule has 0 aliphatic rings. The fourth-order valence-corrected chi connectivity index (χ4v) is 4.85. The molecule has 3 aromatic carbocycles. The molecule has 4 heteroatoms. The largest absolute Gasteiger partial charge is 0.493 e. The molecular weight excluding hydrogens is 484 g/mol. The van der Waals surface area contributed by atoms with Crippen molar-refractivity contribution in [3.8, 4) is 17.2 Å². The van der Waals surface area contributed by atoms with Crippen LogP contribution in [0.25, 0.3) is 10.8 Å². The first-order valence-corrected chi connectivity index (χ1v) is 15.2. The van der Waals surface area contributed by atoms with Crippen molar-refractivity contribution in [2.75, 3.05) is 13.2 Å². The highest BCUT2D eigenvalue weighted by Gasteiger charge is 2.22. The second kappa shape index (κ2) is 16.8. The third kappa shape index (κ3) is 9.60. The summed E-state index contributed by atoms with van der Waals surface area (Å²) in [5.74, 6) is 1.44. The number of hydrogen-bond acceptors (Lipinski definition) is 4. The summed E-state index contributed by atoms with van der Waals surface area (Å²) in [4.78, 5) is 13.6. The van der Waals surface area contributed by atoms with Crippen molar-refractivity contribution >= 4 is 16.7 Å². The molecule has 212 valence electrons. The molecule has 3 aromatic rings. The normalized spacial score (nSPS) is 11.1. The van der Waals surface area contributed by atoms with Gasteiger partial charge in [-0.15, -0.1) is 0 Å². The van der Waals surface area contributed by atoms with Crippen LogP contribution in [0.4, 0.5) is 0 Å². The summed E-state index contributed by atoms with van der Waals surface area (Å²) >= 11 is 0. The van der Waals surface area contributed by atoms with E-state index in [0.29, 0.717) is 36.0 Å². The predicted molar refractivity (Wildman–Crippen MR) is 163 cm³/mol. The Bertz CT molecular complexity index is 1170. The zero-order valence-corrected chi connectivity index (χ0v) is 24.7. The average molecular weight is 533 g/mol. The van der Waals surface area contributed by atoms with Gasteiger partial charge >= 0.3 is 5.97 Å². The molecule has 0 aromatic heterocycles. The number of aryl methyl sites for hydroxylation is 2. The van der Waals surface area contributed by atoms with E-state index in [4.69, 9.17) is 14.2 Å². The Morgan fingerprint density at radius 3 is 1.92 bits per heavy atom. The van der Waals surface area contributed by atoms with Crippen LogP contribution >= 0.6 is 0 Å². The number of hydrogen-bond donors (Lipinski definition) is 0. The SMILES string of the molecule is CCCCCCCCOc1cc(C(=O)Oc2ccccc2C)c(OCCCCCCCC)c2ccc(C)cc12. The van der Waals surface area contributed by atoms with Crippen LogP contribution < -0.4 is 14.2 Å². The Balaban J connectivity index is 1.86. The van der Waals surface area contributed by atoms with Gasteiger partial charge in [0.25, 0.3) is 0 Å². The first-order chi connectivity index (χ1) is 19.0. The van der Waals surface area contributed by atoms with E-state index >= 15 is 0 Å². The smallest absolute Gasteiger partial charge is 0.347 e. The fraction of sp³-hybridized carbons (Fsp3) is 0.514. The molecule has 0 radical (unpaired) electrons. The van der Waals surface area contributed by atoms with Crippen LogP contribution in [0.15, 0.2) is 48.5 Å². The van der Waals surface area contributed by atoms with Gasteiger partial charge in [0.1, 0.15) is 22.8 Å². The highest BCUT2D eigenvalue weighted by molar-refractivity contribution is 6.05. The van der Waals surface area contributed by atoms with Crippen molar-refractivity contribution < 1.29 is 19.0 Å². The maximum atomic E-state index is 13.6. The van der Waals surface area contributed by atoms with Gasteiger partial charge in [-0.05, 0) is 50.5 Å². The van der Waals surface area contributed by atoms with Crippen molar-refractivity contribution in [2.45, 2.75) is 105 Å². The van der Waals surface area contributed by atoms with Gasteiger partial charge in [0, 0.05) is 10.8 Å². The zero-order chi connectivity index (χ0) is 27.9. The summed E-state index contributed by atoms with van der Waals surface area (Å²) in [7, 11) is 0. The summed E-state index contributed by atoms with van der Waals surface area (Å²) in [6, 6.07) is 15.6. The molecular formula is C35H48O4. The molecule has 0 saturated heterocycles. The third-order valence-electron chi connectivity index (χ3n) is 7.22. The maximum Gasteiger partial charge on any atom is 0.347 e. The van der Waals surface area contributed by atoms with E-state index in [1.54, 1.807) is 0 Å². The fourth-order valence-electron chi connectivity index (χ4n) is 4.85. The minimum absolute atomic E-state index is 0.415. The molecule has 0 atom stereocenters. The van der Waals surface area contributed by atoms with Crippen LogP contribution in [-0.2, 0) is 0 Å². The lowest BCUT2D eigenvalue weighted by Crippen LogP contribution is -2.13. The quantitative estimate of drug-likeness (QED) is 0.0928. The minimum atomic E-state index is -0.422. The van der Waals surface area contributed by atoms with Gasteiger partial charge < -0.3 is 14.2 Å². The molecule has 0 unspecified atom stereocenters. The summed E-state index contributed by atoms with van der Waals surface area (Å²) < 4.78 is 18.6. The standard InChI is InChI=1S/C35H48O4/c1-5-7-9-11-13-17-23-37-33-26-31(35(36)39-32-20-16-15-19-28(32)4)34(29-22-21-27(3)25-30(29)33)38-24-18-14-12-10-8-6-2/h15-16,19-22,25-26H,5-14,17-18,23-24H2,1-4H3. The lowest BCUT2D eigenvalue weighted by molar-refractivity contribution is 0.0728. The number of fused-ring (bicyclic) bond motifs is 1. The van der Waals surface area contributed by atoms with Crippen molar-refractivity contribution in [3.05, 3.63) is 65.2 Å². The molecule has 0 saturated carbocycles. The van der Waals surface area contributed by atoms with Crippen LogP contribution in [0.2, 0.25) is 0 Å². The molecule has 0 aliphatic heterocycles. The second-order valence-electron chi connectivity index (χ2n) is 10.7. The van der Waals surface area contributed by atoms with Crippen LogP contribution in [0.3, 0.4) is 0 Å². The number of rotatable bonds is 18. The minimum Gasteiger partial charge on any atom is -0.493 e. The van der Waals surface area contributed by atoms with Gasteiger partial charge in [0.15, 0.2) is 0 Å². The number of carbonyl (C=O) groups is 1. The lowest BCUT2D eigenvalue weighted by Gasteiger charge is -2.18. The summed E-state index contributed by atoms with van der Waals surface area (Å²) in [5.41, 5.74) is 2.47. The molecule has 0 spiro atoms. The van der Waals surface area contributed by atoms with E-state index in [1.807, 2.05) is 43.3 Å². The topological polar surface area (TPSA) is 44.8 Å². The summed E-state index contributed by atoms with van der Waals surface area (Å²) in [6.45, 7) is 9.68. The van der Waals surface area contributed by atoms with Crippen molar-refractivity contribution in [3.63, 3.8) is 0 Å². The van der Waals surface area contributed by atoms with E-state index in [2.05, 4.69) is 32.9 Å². The van der Waals surface area contributed by atoms with E-state index in [1.165, 1.54) is 51.4 Å². The number of carbonyl (C=O) groups excluding carboxylic acids is 1. The molecule has 0 bridgehead atoms. The Labute approximate surface area is 236 Å². The highest BCUT2D eigenvalue weighted by atomic mass is 16.5. The second-order valence-corrected chi connectivity index (χ2v) is 10.7. The van der Waals surface area contributed by atoms with Gasteiger partial charge in [0.05, 0.1) is 13.2 Å². The Morgan fingerprint density at radius 1 is 0.641 bits per heavy atom. The summed E-state index contributed by atoms with van der Waals surface area (Å²) in [5, 5.41) is 1.87. The van der Waals surface area contributed by atoms with E-state index in [0.717, 1.165) is 47.6 Å². The maximum absolute atomic E-state index is 13.6. The molecule has 4 nitrogen and oxygen atoms in total. The van der Waals surface area contributed by atoms with Gasteiger partial charge in [-0.25, -0.2) is 4.79 Å². The third-order valence-corrected chi connectivity index (χ3v) is 7.22. The highest BCUT2D eigenvalue weighted by Crippen LogP contribution is 2.38. The van der Waals surface area contributed by atoms with Crippen molar-refractivity contribution in [2.24, 2.45) is 0 Å². The number of unbranched alkanes of at least 4 members (excludes halogenated alkanes) is 10. The Morgan fingerprint density at radius 2 is 1.26 bits per heavy atom. The van der Waals surface area contributed by atoms with E-state index in [-0.39, 0.29) is 0 Å². The molecule has 0 fully saturated rings. The summed E-state index contributed by atoms with van der Waals surface area (Å²) in [6.07, 6.45) is 14.3. The first kappa shape index (κ1) is 30.5. The van der Waals surface area contributed by atoms with Gasteiger partial charge in [-0.2, -0.15) is 0 Å². The van der Waals surface area contributed by atoms with E-state index < -0.39 is 5.97 Å².